The Bertz CT molecular complexity index is 624. The number of nitrogens with zero attached hydrogens (tertiary/aromatic N) is 3. The lowest BCUT2D eigenvalue weighted by Gasteiger charge is -2.30. The van der Waals surface area contributed by atoms with Crippen LogP contribution in [0.5, 0.6) is 0 Å². The molecule has 1 amide bonds. The Hall–Kier alpha value is -1.41. The van der Waals surface area contributed by atoms with Crippen molar-refractivity contribution in [3.05, 3.63) is 12.0 Å². The van der Waals surface area contributed by atoms with Gasteiger partial charge in [0, 0.05) is 38.3 Å². The van der Waals surface area contributed by atoms with Crippen LogP contribution in [0.25, 0.3) is 0 Å². The van der Waals surface area contributed by atoms with Gasteiger partial charge in [-0.25, -0.2) is 13.4 Å². The van der Waals surface area contributed by atoms with Crippen LogP contribution in [-0.4, -0.2) is 47.3 Å². The summed E-state index contributed by atoms with van der Waals surface area (Å²) < 4.78 is 28.2. The van der Waals surface area contributed by atoms with Crippen molar-refractivity contribution in [2.45, 2.75) is 44.7 Å². The number of rotatable bonds is 4. The standard InChI is InChI=1S/C14H24N4O3S/c1-10(2)15-14(19)12-5-7-18(8-6-12)22(20,21)13-9-17(4)11(3)16-13/h9-10,12H,5-8H2,1-4H3,(H,15,19). The molecular weight excluding hydrogens is 304 g/mol. The third-order valence-corrected chi connectivity index (χ3v) is 5.72. The van der Waals surface area contributed by atoms with Crippen LogP contribution in [0.4, 0.5) is 0 Å². The maximum absolute atomic E-state index is 12.6. The molecule has 0 spiro atoms. The fourth-order valence-corrected chi connectivity index (χ4v) is 4.04. The number of carbonyl (C=O) groups excluding carboxylic acids is 1. The number of nitrogens with one attached hydrogen (secondary N) is 1. The van der Waals surface area contributed by atoms with Crippen LogP contribution >= 0.6 is 0 Å². The van der Waals surface area contributed by atoms with Crippen LogP contribution in [0, 0.1) is 12.8 Å². The molecule has 7 nitrogen and oxygen atoms in total. The number of hydrogen-bond acceptors (Lipinski definition) is 4. The summed E-state index contributed by atoms with van der Waals surface area (Å²) in [6.07, 6.45) is 2.62. The third kappa shape index (κ3) is 3.49. The summed E-state index contributed by atoms with van der Waals surface area (Å²) in [5, 5.41) is 2.97. The monoisotopic (exact) mass is 328 g/mol. The molecule has 0 unspecified atom stereocenters. The molecule has 0 aliphatic carbocycles. The molecule has 0 atom stereocenters. The summed E-state index contributed by atoms with van der Waals surface area (Å²) in [6, 6.07) is 0.103. The molecule has 124 valence electrons. The van der Waals surface area contributed by atoms with Gasteiger partial charge in [-0.15, -0.1) is 0 Å². The lowest BCUT2D eigenvalue weighted by atomic mass is 9.97. The second kappa shape index (κ2) is 6.37. The van der Waals surface area contributed by atoms with Crippen molar-refractivity contribution < 1.29 is 13.2 Å². The summed E-state index contributed by atoms with van der Waals surface area (Å²) in [6.45, 7) is 6.31. The molecule has 1 aromatic heterocycles. The highest BCUT2D eigenvalue weighted by atomic mass is 32.2. The lowest BCUT2D eigenvalue weighted by molar-refractivity contribution is -0.126. The summed E-state index contributed by atoms with van der Waals surface area (Å²) in [4.78, 5) is 16.1. The van der Waals surface area contributed by atoms with E-state index in [-0.39, 0.29) is 22.9 Å². The van der Waals surface area contributed by atoms with Gasteiger partial charge in [0.25, 0.3) is 10.0 Å². The zero-order valence-electron chi connectivity index (χ0n) is 13.5. The summed E-state index contributed by atoms with van der Waals surface area (Å²) in [7, 11) is -1.80. The number of carbonyl (C=O) groups is 1. The number of aryl methyl sites for hydroxylation is 2. The first-order valence-electron chi connectivity index (χ1n) is 7.52. The number of amides is 1. The minimum absolute atomic E-state index is 0.0146. The minimum atomic E-state index is -3.57. The number of hydrogen-bond donors (Lipinski definition) is 1. The fourth-order valence-electron chi connectivity index (χ4n) is 2.54. The summed E-state index contributed by atoms with van der Waals surface area (Å²) in [5.41, 5.74) is 0. The maximum Gasteiger partial charge on any atom is 0.262 e. The van der Waals surface area contributed by atoms with Crippen LogP contribution in [0.2, 0.25) is 0 Å². The van der Waals surface area contributed by atoms with Gasteiger partial charge in [0.05, 0.1) is 0 Å². The normalized spacial score (nSPS) is 17.9. The van der Waals surface area contributed by atoms with Gasteiger partial charge in [0.2, 0.25) is 5.91 Å². The zero-order valence-corrected chi connectivity index (χ0v) is 14.4. The van der Waals surface area contributed by atoms with E-state index in [4.69, 9.17) is 0 Å². The Labute approximate surface area is 131 Å². The highest BCUT2D eigenvalue weighted by molar-refractivity contribution is 7.89. The summed E-state index contributed by atoms with van der Waals surface area (Å²) in [5.74, 6) is 0.560. The van der Waals surface area contributed by atoms with Crippen LogP contribution in [-0.2, 0) is 21.9 Å². The zero-order chi connectivity index (χ0) is 16.5. The molecule has 0 saturated carbocycles. The van der Waals surface area contributed by atoms with Crippen molar-refractivity contribution in [2.75, 3.05) is 13.1 Å². The molecule has 1 fully saturated rings. The largest absolute Gasteiger partial charge is 0.354 e. The van der Waals surface area contributed by atoms with Gasteiger partial charge in [0.1, 0.15) is 5.82 Å². The molecule has 0 aromatic carbocycles. The van der Waals surface area contributed by atoms with Gasteiger partial charge in [0.15, 0.2) is 5.03 Å². The van der Waals surface area contributed by atoms with E-state index in [1.165, 1.54) is 10.5 Å². The van der Waals surface area contributed by atoms with Crippen molar-refractivity contribution in [1.29, 1.82) is 0 Å². The number of imidazole rings is 1. The van der Waals surface area contributed by atoms with Gasteiger partial charge in [-0.1, -0.05) is 0 Å². The van der Waals surface area contributed by atoms with E-state index < -0.39 is 10.0 Å². The minimum Gasteiger partial charge on any atom is -0.354 e. The van der Waals surface area contributed by atoms with Crippen molar-refractivity contribution >= 4 is 15.9 Å². The number of sulfonamides is 1. The highest BCUT2D eigenvalue weighted by Crippen LogP contribution is 2.23. The average Bonchev–Trinajstić information content (AvgIpc) is 2.79. The Morgan fingerprint density at radius 1 is 1.36 bits per heavy atom. The van der Waals surface area contributed by atoms with Gasteiger partial charge in [-0.2, -0.15) is 4.31 Å². The second-order valence-electron chi connectivity index (χ2n) is 6.08. The van der Waals surface area contributed by atoms with Crippen LogP contribution < -0.4 is 5.32 Å². The second-order valence-corrected chi connectivity index (χ2v) is 7.96. The van der Waals surface area contributed by atoms with Crippen LogP contribution in [0.1, 0.15) is 32.5 Å². The molecule has 1 aliphatic heterocycles. The number of piperidine rings is 1. The Balaban J connectivity index is 2.03. The van der Waals surface area contributed by atoms with Gasteiger partial charge < -0.3 is 9.88 Å². The molecule has 1 N–H and O–H groups in total. The first-order valence-corrected chi connectivity index (χ1v) is 8.96. The van der Waals surface area contributed by atoms with Crippen LogP contribution in [0.3, 0.4) is 0 Å². The molecule has 22 heavy (non-hydrogen) atoms. The van der Waals surface area contributed by atoms with E-state index in [9.17, 15) is 13.2 Å². The molecule has 0 radical (unpaired) electrons. The number of aromatic nitrogens is 2. The predicted octanol–water partition coefficient (Wildman–Crippen LogP) is 0.654. The van der Waals surface area contributed by atoms with Crippen molar-refractivity contribution in [3.8, 4) is 0 Å². The molecule has 1 saturated heterocycles. The predicted molar refractivity (Wildman–Crippen MR) is 82.7 cm³/mol. The molecule has 0 bridgehead atoms. The SMILES string of the molecule is Cc1nc(S(=O)(=O)N2CCC(C(=O)NC(C)C)CC2)cn1C. The first-order chi connectivity index (χ1) is 10.2. The topological polar surface area (TPSA) is 84.3 Å². The van der Waals surface area contributed by atoms with Crippen LogP contribution in [0.15, 0.2) is 11.2 Å². The van der Waals surface area contributed by atoms with Crippen molar-refractivity contribution in [2.24, 2.45) is 13.0 Å². The average molecular weight is 328 g/mol. The van der Waals surface area contributed by atoms with E-state index >= 15 is 0 Å². The van der Waals surface area contributed by atoms with Gasteiger partial charge >= 0.3 is 0 Å². The van der Waals surface area contributed by atoms with E-state index in [2.05, 4.69) is 10.3 Å². The van der Waals surface area contributed by atoms with Crippen molar-refractivity contribution in [1.82, 2.24) is 19.2 Å². The van der Waals surface area contributed by atoms with E-state index in [0.29, 0.717) is 31.8 Å². The quantitative estimate of drug-likeness (QED) is 0.880. The lowest BCUT2D eigenvalue weighted by Crippen LogP contribution is -2.44. The Morgan fingerprint density at radius 2 is 1.95 bits per heavy atom. The van der Waals surface area contributed by atoms with E-state index in [1.54, 1.807) is 18.5 Å². The highest BCUT2D eigenvalue weighted by Gasteiger charge is 2.33. The van der Waals surface area contributed by atoms with E-state index in [1.807, 2.05) is 13.8 Å². The Morgan fingerprint density at radius 3 is 2.41 bits per heavy atom. The molecular formula is C14H24N4O3S. The fraction of sp³-hybridized carbons (Fsp3) is 0.714. The Kier molecular flexibility index (Phi) is 4.91. The smallest absolute Gasteiger partial charge is 0.262 e. The molecule has 2 heterocycles. The molecule has 1 aromatic rings. The van der Waals surface area contributed by atoms with Gasteiger partial charge in [-0.05, 0) is 33.6 Å². The van der Waals surface area contributed by atoms with Gasteiger partial charge in [-0.3, -0.25) is 4.79 Å². The summed E-state index contributed by atoms with van der Waals surface area (Å²) >= 11 is 0. The molecule has 2 rings (SSSR count). The third-order valence-electron chi connectivity index (χ3n) is 3.95. The first kappa shape index (κ1) is 17.0. The molecule has 1 aliphatic rings. The van der Waals surface area contributed by atoms with Crippen molar-refractivity contribution in [3.63, 3.8) is 0 Å². The maximum atomic E-state index is 12.6. The van der Waals surface area contributed by atoms with E-state index in [0.717, 1.165) is 0 Å². The molecule has 8 heteroatoms.